The first-order valence-electron chi connectivity index (χ1n) is 8.08. The van der Waals surface area contributed by atoms with Gasteiger partial charge in [0.1, 0.15) is 23.2 Å². The SMILES string of the molecule is COc1ccc(-c2nc(N)c(C#N)c(-c3ccc(SC)cc3)c2C)cc1. The summed E-state index contributed by atoms with van der Waals surface area (Å²) in [5, 5.41) is 9.62. The molecule has 0 unspecified atom stereocenters. The molecule has 0 spiro atoms. The zero-order valence-electron chi connectivity index (χ0n) is 14.9. The van der Waals surface area contributed by atoms with Gasteiger partial charge in [0.05, 0.1) is 12.8 Å². The van der Waals surface area contributed by atoms with Crippen molar-refractivity contribution < 1.29 is 4.74 Å². The lowest BCUT2D eigenvalue weighted by Crippen LogP contribution is -2.03. The summed E-state index contributed by atoms with van der Waals surface area (Å²) < 4.78 is 5.22. The second-order valence-electron chi connectivity index (χ2n) is 5.79. The Labute approximate surface area is 157 Å². The Hall–Kier alpha value is -2.97. The Kier molecular flexibility index (Phi) is 5.15. The lowest BCUT2D eigenvalue weighted by atomic mass is 9.93. The highest BCUT2D eigenvalue weighted by atomic mass is 32.2. The number of benzene rings is 2. The maximum absolute atomic E-state index is 9.62. The third kappa shape index (κ3) is 3.24. The van der Waals surface area contributed by atoms with E-state index in [-0.39, 0.29) is 5.82 Å². The van der Waals surface area contributed by atoms with E-state index in [9.17, 15) is 5.26 Å². The molecule has 0 fully saturated rings. The number of nitrogens with zero attached hydrogens (tertiary/aromatic N) is 2. The number of nitrogens with two attached hydrogens (primary N) is 1. The third-order valence-electron chi connectivity index (χ3n) is 4.32. The fourth-order valence-electron chi connectivity index (χ4n) is 2.96. The first-order valence-corrected chi connectivity index (χ1v) is 9.30. The van der Waals surface area contributed by atoms with Gasteiger partial charge in [-0.1, -0.05) is 12.1 Å². The second-order valence-corrected chi connectivity index (χ2v) is 6.67. The normalized spacial score (nSPS) is 10.4. The molecule has 1 heterocycles. The summed E-state index contributed by atoms with van der Waals surface area (Å²) in [6.07, 6.45) is 2.03. The fraction of sp³-hybridized carbons (Fsp3) is 0.143. The van der Waals surface area contributed by atoms with Gasteiger partial charge in [0.15, 0.2) is 0 Å². The number of hydrogen-bond donors (Lipinski definition) is 1. The Bertz CT molecular complexity index is 974. The molecule has 26 heavy (non-hydrogen) atoms. The molecule has 0 aliphatic rings. The molecule has 5 heteroatoms. The van der Waals surface area contributed by atoms with Crippen molar-refractivity contribution in [3.8, 4) is 34.2 Å². The van der Waals surface area contributed by atoms with Crippen LogP contribution in [0.2, 0.25) is 0 Å². The van der Waals surface area contributed by atoms with Crippen LogP contribution in [0.3, 0.4) is 0 Å². The van der Waals surface area contributed by atoms with Crippen molar-refractivity contribution in [1.29, 1.82) is 5.26 Å². The number of hydrogen-bond acceptors (Lipinski definition) is 5. The number of rotatable bonds is 4. The minimum atomic E-state index is 0.243. The highest BCUT2D eigenvalue weighted by Gasteiger charge is 2.18. The van der Waals surface area contributed by atoms with Crippen molar-refractivity contribution in [2.75, 3.05) is 19.1 Å². The maximum atomic E-state index is 9.62. The van der Waals surface area contributed by atoms with Crippen LogP contribution < -0.4 is 10.5 Å². The number of pyridine rings is 1. The van der Waals surface area contributed by atoms with Crippen LogP contribution in [0.25, 0.3) is 22.4 Å². The van der Waals surface area contributed by atoms with Crippen molar-refractivity contribution >= 4 is 17.6 Å². The van der Waals surface area contributed by atoms with Gasteiger partial charge in [-0.2, -0.15) is 5.26 Å². The van der Waals surface area contributed by atoms with Crippen LogP contribution in [0.15, 0.2) is 53.4 Å². The minimum absolute atomic E-state index is 0.243. The Morgan fingerprint density at radius 2 is 1.65 bits per heavy atom. The van der Waals surface area contributed by atoms with Crippen molar-refractivity contribution in [2.45, 2.75) is 11.8 Å². The molecule has 2 aromatic carbocycles. The van der Waals surface area contributed by atoms with Crippen LogP contribution in [0, 0.1) is 18.3 Å². The molecule has 2 N–H and O–H groups in total. The zero-order valence-corrected chi connectivity index (χ0v) is 15.7. The monoisotopic (exact) mass is 361 g/mol. The largest absolute Gasteiger partial charge is 0.497 e. The first kappa shape index (κ1) is 17.8. The van der Waals surface area contributed by atoms with Crippen LogP contribution in [0.1, 0.15) is 11.1 Å². The molecule has 4 nitrogen and oxygen atoms in total. The molecular weight excluding hydrogens is 342 g/mol. The average molecular weight is 361 g/mol. The molecule has 0 bridgehead atoms. The zero-order chi connectivity index (χ0) is 18.7. The lowest BCUT2D eigenvalue weighted by molar-refractivity contribution is 0.415. The van der Waals surface area contributed by atoms with E-state index in [2.05, 4.69) is 11.1 Å². The highest BCUT2D eigenvalue weighted by molar-refractivity contribution is 7.98. The number of nitrogen functional groups attached to an aromatic ring is 1. The van der Waals surface area contributed by atoms with Gasteiger partial charge in [-0.3, -0.25) is 0 Å². The molecule has 0 aliphatic heterocycles. The van der Waals surface area contributed by atoms with Gasteiger partial charge in [-0.25, -0.2) is 4.98 Å². The summed E-state index contributed by atoms with van der Waals surface area (Å²) in [5.74, 6) is 1.02. The van der Waals surface area contributed by atoms with E-state index in [0.717, 1.165) is 33.7 Å². The van der Waals surface area contributed by atoms with Crippen molar-refractivity contribution in [2.24, 2.45) is 0 Å². The first-order chi connectivity index (χ1) is 12.6. The Morgan fingerprint density at radius 1 is 1.04 bits per heavy atom. The third-order valence-corrected chi connectivity index (χ3v) is 5.07. The molecule has 0 radical (unpaired) electrons. The van der Waals surface area contributed by atoms with Crippen molar-refractivity contribution in [3.63, 3.8) is 0 Å². The molecule has 0 aliphatic carbocycles. The van der Waals surface area contributed by atoms with E-state index in [4.69, 9.17) is 10.5 Å². The van der Waals surface area contributed by atoms with Gasteiger partial charge in [0.25, 0.3) is 0 Å². The van der Waals surface area contributed by atoms with Gasteiger partial charge in [-0.15, -0.1) is 11.8 Å². The summed E-state index contributed by atoms with van der Waals surface area (Å²) in [4.78, 5) is 5.67. The van der Waals surface area contributed by atoms with Crippen LogP contribution in [-0.4, -0.2) is 18.3 Å². The van der Waals surface area contributed by atoms with Gasteiger partial charge >= 0.3 is 0 Å². The Balaban J connectivity index is 2.22. The molecule has 1 aromatic heterocycles. The topological polar surface area (TPSA) is 71.9 Å². The summed E-state index contributed by atoms with van der Waals surface area (Å²) >= 11 is 1.68. The average Bonchev–Trinajstić information content (AvgIpc) is 2.69. The smallest absolute Gasteiger partial charge is 0.142 e. The second kappa shape index (κ2) is 7.51. The molecule has 130 valence electrons. The molecule has 0 atom stereocenters. The summed E-state index contributed by atoms with van der Waals surface area (Å²) in [6.45, 7) is 1.98. The molecule has 3 aromatic rings. The molecular formula is C21H19N3OS. The van der Waals surface area contributed by atoms with Gasteiger partial charge in [0.2, 0.25) is 0 Å². The number of anilines is 1. The fourth-order valence-corrected chi connectivity index (χ4v) is 3.36. The number of aromatic nitrogens is 1. The van der Waals surface area contributed by atoms with E-state index in [1.807, 2.05) is 61.7 Å². The lowest BCUT2D eigenvalue weighted by Gasteiger charge is -2.15. The molecule has 0 saturated carbocycles. The van der Waals surface area contributed by atoms with E-state index in [0.29, 0.717) is 5.56 Å². The quantitative estimate of drug-likeness (QED) is 0.669. The minimum Gasteiger partial charge on any atom is -0.497 e. The van der Waals surface area contributed by atoms with Crippen molar-refractivity contribution in [1.82, 2.24) is 4.98 Å². The summed E-state index contributed by atoms with van der Waals surface area (Å²) in [5.41, 5.74) is 11.0. The predicted molar refractivity (Wildman–Crippen MR) is 107 cm³/mol. The molecule has 3 rings (SSSR count). The van der Waals surface area contributed by atoms with Crippen molar-refractivity contribution in [3.05, 3.63) is 59.7 Å². The molecule has 0 saturated heterocycles. The summed E-state index contributed by atoms with van der Waals surface area (Å²) in [6, 6.07) is 18.0. The van der Waals surface area contributed by atoms with Crippen LogP contribution in [0.4, 0.5) is 5.82 Å². The van der Waals surface area contributed by atoms with E-state index in [1.165, 1.54) is 4.90 Å². The van der Waals surface area contributed by atoms with E-state index < -0.39 is 0 Å². The predicted octanol–water partition coefficient (Wildman–Crippen LogP) is 4.91. The van der Waals surface area contributed by atoms with Crippen LogP contribution in [0.5, 0.6) is 5.75 Å². The number of nitriles is 1. The van der Waals surface area contributed by atoms with Gasteiger partial charge < -0.3 is 10.5 Å². The summed E-state index contributed by atoms with van der Waals surface area (Å²) in [7, 11) is 1.63. The van der Waals surface area contributed by atoms with E-state index >= 15 is 0 Å². The number of thioether (sulfide) groups is 1. The standard InChI is InChI=1S/C21H19N3OS/c1-13-19(14-6-10-17(26-3)11-7-14)18(12-22)21(23)24-20(13)15-4-8-16(25-2)9-5-15/h4-11H,1-3H3,(H2,23,24). The maximum Gasteiger partial charge on any atom is 0.142 e. The van der Waals surface area contributed by atoms with Gasteiger partial charge in [0, 0.05) is 16.0 Å². The van der Waals surface area contributed by atoms with Gasteiger partial charge in [-0.05, 0) is 60.7 Å². The highest BCUT2D eigenvalue weighted by Crippen LogP contribution is 2.36. The van der Waals surface area contributed by atoms with Crippen LogP contribution in [-0.2, 0) is 0 Å². The molecule has 0 amide bonds. The number of methoxy groups -OCH3 is 1. The van der Waals surface area contributed by atoms with E-state index in [1.54, 1.807) is 18.9 Å². The van der Waals surface area contributed by atoms with Crippen LogP contribution >= 0.6 is 11.8 Å². The number of ether oxygens (including phenoxy) is 1. The Morgan fingerprint density at radius 3 is 2.19 bits per heavy atom.